The topological polar surface area (TPSA) is 46.2 Å². The van der Waals surface area contributed by atoms with Crippen molar-refractivity contribution in [3.63, 3.8) is 0 Å². The fourth-order valence-corrected chi connectivity index (χ4v) is 3.90. The molecule has 0 spiro atoms. The predicted molar refractivity (Wildman–Crippen MR) is 86.9 cm³/mol. The van der Waals surface area contributed by atoms with E-state index in [2.05, 4.69) is 6.92 Å². The molecule has 1 aromatic carbocycles. The van der Waals surface area contributed by atoms with Crippen molar-refractivity contribution in [1.29, 1.82) is 0 Å². The standard InChI is InChI=1S/C15H17Cl2NOS/c1-2-9-5-6-20-15(9)14(19)12(8-18)11-4-3-10(16)7-13(11)17/h3-7,12,14,19H,2,8,18H2,1H3. The Morgan fingerprint density at radius 1 is 1.30 bits per heavy atom. The van der Waals surface area contributed by atoms with E-state index in [4.69, 9.17) is 28.9 Å². The van der Waals surface area contributed by atoms with Crippen LogP contribution in [0, 0.1) is 0 Å². The third-order valence-corrected chi connectivity index (χ3v) is 5.02. The number of aryl methyl sites for hydroxylation is 1. The smallest absolute Gasteiger partial charge is 0.0965 e. The van der Waals surface area contributed by atoms with Gasteiger partial charge in [0.1, 0.15) is 0 Å². The number of thiophene rings is 1. The molecule has 0 aliphatic carbocycles. The van der Waals surface area contributed by atoms with Crippen LogP contribution in [0.5, 0.6) is 0 Å². The van der Waals surface area contributed by atoms with Crippen molar-refractivity contribution in [2.75, 3.05) is 6.54 Å². The molecule has 1 heterocycles. The zero-order valence-electron chi connectivity index (χ0n) is 11.1. The van der Waals surface area contributed by atoms with Crippen LogP contribution in [0.4, 0.5) is 0 Å². The van der Waals surface area contributed by atoms with Crippen LogP contribution in [0.25, 0.3) is 0 Å². The Kier molecular flexibility index (Phi) is 5.47. The SMILES string of the molecule is CCc1ccsc1C(O)C(CN)c1ccc(Cl)cc1Cl. The minimum atomic E-state index is -0.645. The lowest BCUT2D eigenvalue weighted by Crippen LogP contribution is -2.20. The summed E-state index contributed by atoms with van der Waals surface area (Å²) in [5, 5.41) is 13.8. The second-order valence-corrected chi connectivity index (χ2v) is 6.41. The van der Waals surface area contributed by atoms with E-state index < -0.39 is 6.10 Å². The third kappa shape index (κ3) is 3.18. The molecule has 108 valence electrons. The minimum Gasteiger partial charge on any atom is -0.387 e. The summed E-state index contributed by atoms with van der Waals surface area (Å²) in [7, 11) is 0. The largest absolute Gasteiger partial charge is 0.387 e. The molecular formula is C15H17Cl2NOS. The third-order valence-electron chi connectivity index (χ3n) is 3.43. The van der Waals surface area contributed by atoms with E-state index in [0.29, 0.717) is 16.6 Å². The lowest BCUT2D eigenvalue weighted by molar-refractivity contribution is 0.150. The second-order valence-electron chi connectivity index (χ2n) is 4.62. The van der Waals surface area contributed by atoms with E-state index in [1.807, 2.05) is 17.5 Å². The molecule has 2 rings (SSSR count). The summed E-state index contributed by atoms with van der Waals surface area (Å²) in [6.45, 7) is 2.40. The number of hydrogen-bond donors (Lipinski definition) is 2. The summed E-state index contributed by atoms with van der Waals surface area (Å²) in [6.07, 6.45) is 0.246. The Morgan fingerprint density at radius 3 is 2.65 bits per heavy atom. The molecule has 0 fully saturated rings. The molecule has 0 saturated carbocycles. The maximum atomic E-state index is 10.7. The normalized spacial score (nSPS) is 14.2. The summed E-state index contributed by atoms with van der Waals surface area (Å²) >= 11 is 13.7. The Hall–Kier alpha value is -0.580. The number of hydrogen-bond acceptors (Lipinski definition) is 3. The highest BCUT2D eigenvalue weighted by atomic mass is 35.5. The van der Waals surface area contributed by atoms with Crippen LogP contribution >= 0.6 is 34.5 Å². The van der Waals surface area contributed by atoms with Crippen LogP contribution in [-0.4, -0.2) is 11.7 Å². The summed E-state index contributed by atoms with van der Waals surface area (Å²) in [4.78, 5) is 0.967. The molecule has 2 aromatic rings. The molecule has 0 amide bonds. The van der Waals surface area contributed by atoms with E-state index in [9.17, 15) is 5.11 Å². The minimum absolute atomic E-state index is 0.233. The van der Waals surface area contributed by atoms with E-state index >= 15 is 0 Å². The van der Waals surface area contributed by atoms with E-state index in [1.54, 1.807) is 23.5 Å². The average Bonchev–Trinajstić information content (AvgIpc) is 2.90. The highest BCUT2D eigenvalue weighted by Gasteiger charge is 2.26. The first kappa shape index (κ1) is 15.8. The number of benzene rings is 1. The van der Waals surface area contributed by atoms with Crippen molar-refractivity contribution in [3.05, 3.63) is 55.7 Å². The summed E-state index contributed by atoms with van der Waals surface area (Å²) in [6, 6.07) is 7.33. The van der Waals surface area contributed by atoms with Crippen LogP contribution in [0.2, 0.25) is 10.0 Å². The molecule has 2 unspecified atom stereocenters. The lowest BCUT2D eigenvalue weighted by Gasteiger charge is -2.23. The van der Waals surface area contributed by atoms with Crippen molar-refractivity contribution < 1.29 is 5.11 Å². The summed E-state index contributed by atoms with van der Waals surface area (Å²) in [5.41, 5.74) is 7.86. The first-order chi connectivity index (χ1) is 9.58. The zero-order chi connectivity index (χ0) is 14.7. The maximum Gasteiger partial charge on any atom is 0.0965 e. The molecule has 5 heteroatoms. The van der Waals surface area contributed by atoms with Gasteiger partial charge in [-0.3, -0.25) is 0 Å². The van der Waals surface area contributed by atoms with Gasteiger partial charge in [-0.15, -0.1) is 11.3 Å². The zero-order valence-corrected chi connectivity index (χ0v) is 13.5. The second kappa shape index (κ2) is 6.92. The van der Waals surface area contributed by atoms with E-state index in [-0.39, 0.29) is 5.92 Å². The Bertz CT molecular complexity index is 585. The number of rotatable bonds is 5. The summed E-state index contributed by atoms with van der Waals surface area (Å²) < 4.78 is 0. The van der Waals surface area contributed by atoms with Gasteiger partial charge in [0.25, 0.3) is 0 Å². The number of aliphatic hydroxyl groups excluding tert-OH is 1. The van der Waals surface area contributed by atoms with Crippen molar-refractivity contribution in [2.45, 2.75) is 25.4 Å². The van der Waals surface area contributed by atoms with Gasteiger partial charge in [-0.05, 0) is 41.1 Å². The van der Waals surface area contributed by atoms with Gasteiger partial charge in [0.15, 0.2) is 0 Å². The van der Waals surface area contributed by atoms with Crippen LogP contribution in [0.1, 0.15) is 34.9 Å². The number of nitrogens with two attached hydrogens (primary N) is 1. The highest BCUT2D eigenvalue weighted by molar-refractivity contribution is 7.10. The predicted octanol–water partition coefficient (Wildman–Crippen LogP) is 4.39. The molecule has 0 aliphatic heterocycles. The van der Waals surface area contributed by atoms with Gasteiger partial charge in [-0.1, -0.05) is 36.2 Å². The quantitative estimate of drug-likeness (QED) is 0.854. The van der Waals surface area contributed by atoms with Crippen LogP contribution in [-0.2, 0) is 6.42 Å². The first-order valence-electron chi connectivity index (χ1n) is 6.47. The molecular weight excluding hydrogens is 313 g/mol. The van der Waals surface area contributed by atoms with Gasteiger partial charge in [-0.25, -0.2) is 0 Å². The first-order valence-corrected chi connectivity index (χ1v) is 8.11. The molecule has 0 radical (unpaired) electrons. The Labute approximate surface area is 133 Å². The Balaban J connectivity index is 2.36. The van der Waals surface area contributed by atoms with Gasteiger partial charge in [0.2, 0.25) is 0 Å². The van der Waals surface area contributed by atoms with Gasteiger partial charge < -0.3 is 10.8 Å². The molecule has 0 aliphatic rings. The van der Waals surface area contributed by atoms with E-state index in [0.717, 1.165) is 22.4 Å². The van der Waals surface area contributed by atoms with Crippen LogP contribution in [0.3, 0.4) is 0 Å². The fourth-order valence-electron chi connectivity index (χ4n) is 2.31. The van der Waals surface area contributed by atoms with Gasteiger partial charge in [0.05, 0.1) is 6.10 Å². The number of aliphatic hydroxyl groups is 1. The van der Waals surface area contributed by atoms with Gasteiger partial charge >= 0.3 is 0 Å². The number of halogens is 2. The van der Waals surface area contributed by atoms with E-state index in [1.165, 1.54) is 0 Å². The van der Waals surface area contributed by atoms with Crippen molar-refractivity contribution in [2.24, 2.45) is 5.73 Å². The van der Waals surface area contributed by atoms with Crippen molar-refractivity contribution in [1.82, 2.24) is 0 Å². The van der Waals surface area contributed by atoms with Crippen LogP contribution in [0.15, 0.2) is 29.6 Å². The van der Waals surface area contributed by atoms with Crippen LogP contribution < -0.4 is 5.73 Å². The Morgan fingerprint density at radius 2 is 2.05 bits per heavy atom. The molecule has 3 N–H and O–H groups in total. The molecule has 1 aromatic heterocycles. The molecule has 20 heavy (non-hydrogen) atoms. The molecule has 0 saturated heterocycles. The van der Waals surface area contributed by atoms with Gasteiger partial charge in [0, 0.05) is 27.4 Å². The molecule has 2 atom stereocenters. The molecule has 2 nitrogen and oxygen atoms in total. The van der Waals surface area contributed by atoms with Gasteiger partial charge in [-0.2, -0.15) is 0 Å². The lowest BCUT2D eigenvalue weighted by atomic mass is 9.91. The summed E-state index contributed by atoms with van der Waals surface area (Å²) in [5.74, 6) is -0.233. The highest BCUT2D eigenvalue weighted by Crippen LogP contribution is 2.38. The van der Waals surface area contributed by atoms with Crippen molar-refractivity contribution in [3.8, 4) is 0 Å². The van der Waals surface area contributed by atoms with Crippen molar-refractivity contribution >= 4 is 34.5 Å². The average molecular weight is 330 g/mol. The molecule has 0 bridgehead atoms. The fraction of sp³-hybridized carbons (Fsp3) is 0.333. The maximum absolute atomic E-state index is 10.7. The monoisotopic (exact) mass is 329 g/mol.